The highest BCUT2D eigenvalue weighted by Gasteiger charge is 2.35. The number of alkyl halides is 3. The van der Waals surface area contributed by atoms with Gasteiger partial charge in [-0.2, -0.15) is 13.2 Å². The monoisotopic (exact) mass is 275 g/mol. The van der Waals surface area contributed by atoms with Crippen LogP contribution in [0, 0.1) is 0 Å². The third-order valence-corrected chi connectivity index (χ3v) is 2.47. The van der Waals surface area contributed by atoms with E-state index in [0.717, 1.165) is 18.7 Å². The van der Waals surface area contributed by atoms with Crippen LogP contribution in [0.1, 0.15) is 22.8 Å². The summed E-state index contributed by atoms with van der Waals surface area (Å²) in [5.41, 5.74) is 3.69. The van der Waals surface area contributed by atoms with Crippen molar-refractivity contribution >= 4 is 11.6 Å². The van der Waals surface area contributed by atoms with Crippen LogP contribution in [-0.4, -0.2) is 25.5 Å². The molecule has 0 aliphatic heterocycles. The zero-order chi connectivity index (χ0) is 14.5. The van der Waals surface area contributed by atoms with Gasteiger partial charge in [0.2, 0.25) is 5.91 Å². The minimum atomic E-state index is -4.61. The quantitative estimate of drug-likeness (QED) is 0.694. The molecule has 0 heterocycles. The van der Waals surface area contributed by atoms with Crippen LogP contribution in [0.4, 0.5) is 18.9 Å². The summed E-state index contributed by atoms with van der Waals surface area (Å²) in [6, 6.07) is 3.38. The number of hydrogen-bond acceptors (Lipinski definition) is 3. The maximum absolute atomic E-state index is 12.8. The smallest absolute Gasteiger partial charge is 0.384 e. The second-order valence-electron chi connectivity index (χ2n) is 3.90. The summed E-state index contributed by atoms with van der Waals surface area (Å²) in [6.45, 7) is 3.84. The van der Waals surface area contributed by atoms with Crippen LogP contribution in [0.5, 0.6) is 0 Å². The zero-order valence-corrected chi connectivity index (χ0v) is 10.5. The zero-order valence-electron chi connectivity index (χ0n) is 10.5. The third-order valence-electron chi connectivity index (χ3n) is 2.47. The van der Waals surface area contributed by atoms with E-state index in [1.54, 1.807) is 0 Å². The number of nitrogens with one attached hydrogen (secondary N) is 2. The Hall–Kier alpha value is -1.76. The number of halogens is 3. The Morgan fingerprint density at radius 3 is 2.53 bits per heavy atom. The van der Waals surface area contributed by atoms with Gasteiger partial charge in [-0.05, 0) is 24.7 Å². The second-order valence-corrected chi connectivity index (χ2v) is 3.90. The van der Waals surface area contributed by atoms with Crippen LogP contribution in [0.15, 0.2) is 18.2 Å². The van der Waals surface area contributed by atoms with Crippen molar-refractivity contribution in [3.63, 3.8) is 0 Å². The number of likely N-dealkylation sites (N-methyl/N-ethyl adjacent to an activating group) is 1. The first-order valence-electron chi connectivity index (χ1n) is 5.82. The Bertz CT molecular complexity index is 446. The van der Waals surface area contributed by atoms with Gasteiger partial charge >= 0.3 is 6.18 Å². The average molecular weight is 275 g/mol. The molecule has 0 saturated carbocycles. The fraction of sp³-hybridized carbons (Fsp3) is 0.417. The summed E-state index contributed by atoms with van der Waals surface area (Å²) < 4.78 is 38.4. The van der Waals surface area contributed by atoms with Crippen LogP contribution in [0.3, 0.4) is 0 Å². The summed E-state index contributed by atoms with van der Waals surface area (Å²) in [5, 5.41) is 5.88. The number of primary amides is 1. The van der Waals surface area contributed by atoms with Crippen LogP contribution >= 0.6 is 0 Å². The van der Waals surface area contributed by atoms with E-state index in [1.165, 1.54) is 6.07 Å². The molecule has 0 atom stereocenters. The number of benzene rings is 1. The summed E-state index contributed by atoms with van der Waals surface area (Å²) in [5.74, 6) is -1.09. The number of amides is 1. The van der Waals surface area contributed by atoms with E-state index < -0.39 is 23.2 Å². The van der Waals surface area contributed by atoms with Gasteiger partial charge in [-0.3, -0.25) is 4.79 Å². The van der Waals surface area contributed by atoms with E-state index in [-0.39, 0.29) is 0 Å². The molecule has 19 heavy (non-hydrogen) atoms. The Balaban J connectivity index is 2.90. The lowest BCUT2D eigenvalue weighted by molar-refractivity contribution is -0.137. The van der Waals surface area contributed by atoms with E-state index in [1.807, 2.05) is 6.92 Å². The van der Waals surface area contributed by atoms with Crippen LogP contribution < -0.4 is 16.4 Å². The Labute approximate surface area is 109 Å². The van der Waals surface area contributed by atoms with Gasteiger partial charge < -0.3 is 16.4 Å². The molecule has 1 amide bonds. The number of rotatable bonds is 6. The lowest BCUT2D eigenvalue weighted by Crippen LogP contribution is -2.22. The molecule has 7 heteroatoms. The molecule has 4 N–H and O–H groups in total. The number of hydrogen-bond donors (Lipinski definition) is 3. The van der Waals surface area contributed by atoms with Crippen LogP contribution in [0.25, 0.3) is 0 Å². The molecule has 0 fully saturated rings. The summed E-state index contributed by atoms with van der Waals surface area (Å²) in [6.07, 6.45) is -4.61. The van der Waals surface area contributed by atoms with Gasteiger partial charge in [-0.25, -0.2) is 0 Å². The largest absolute Gasteiger partial charge is 0.417 e. The second kappa shape index (κ2) is 6.42. The van der Waals surface area contributed by atoms with E-state index in [0.29, 0.717) is 18.8 Å². The lowest BCUT2D eigenvalue weighted by atomic mass is 10.1. The van der Waals surface area contributed by atoms with Crippen molar-refractivity contribution in [3.05, 3.63) is 29.3 Å². The first-order valence-corrected chi connectivity index (χ1v) is 5.82. The number of carbonyl (C=O) groups excluding carboxylic acids is 1. The van der Waals surface area contributed by atoms with E-state index in [4.69, 9.17) is 5.73 Å². The summed E-state index contributed by atoms with van der Waals surface area (Å²) in [7, 11) is 0. The fourth-order valence-electron chi connectivity index (χ4n) is 1.58. The molecule has 0 bridgehead atoms. The SMILES string of the molecule is CCNCCNc1ccc(C(N)=O)c(C(F)(F)F)c1. The average Bonchev–Trinajstić information content (AvgIpc) is 2.33. The number of carbonyl (C=O) groups is 1. The van der Waals surface area contributed by atoms with Gasteiger partial charge in [0.05, 0.1) is 11.1 Å². The van der Waals surface area contributed by atoms with Gasteiger partial charge in [0, 0.05) is 18.8 Å². The number of nitrogens with two attached hydrogens (primary N) is 1. The molecule has 4 nitrogen and oxygen atoms in total. The van der Waals surface area contributed by atoms with E-state index in [9.17, 15) is 18.0 Å². The standard InChI is InChI=1S/C12H16F3N3O/c1-2-17-5-6-18-8-3-4-9(11(16)19)10(7-8)12(13,14)15/h3-4,7,17-18H,2,5-6H2,1H3,(H2,16,19). The van der Waals surface area contributed by atoms with Gasteiger partial charge in [0.25, 0.3) is 0 Å². The molecular weight excluding hydrogens is 259 g/mol. The third kappa shape index (κ3) is 4.44. The molecule has 1 aromatic rings. The van der Waals surface area contributed by atoms with E-state index in [2.05, 4.69) is 10.6 Å². The normalized spacial score (nSPS) is 11.4. The van der Waals surface area contributed by atoms with Crippen LogP contribution in [0.2, 0.25) is 0 Å². The molecule has 0 spiro atoms. The highest BCUT2D eigenvalue weighted by atomic mass is 19.4. The Morgan fingerprint density at radius 2 is 2.00 bits per heavy atom. The minimum Gasteiger partial charge on any atom is -0.384 e. The molecule has 1 rings (SSSR count). The molecule has 0 aromatic heterocycles. The lowest BCUT2D eigenvalue weighted by Gasteiger charge is -2.13. The maximum atomic E-state index is 12.8. The predicted octanol–water partition coefficient (Wildman–Crippen LogP) is 1.83. The van der Waals surface area contributed by atoms with Crippen molar-refractivity contribution in [2.45, 2.75) is 13.1 Å². The topological polar surface area (TPSA) is 67.2 Å². The van der Waals surface area contributed by atoms with Crippen molar-refractivity contribution in [1.29, 1.82) is 0 Å². The summed E-state index contributed by atoms with van der Waals surface area (Å²) in [4.78, 5) is 11.0. The molecule has 0 unspecified atom stereocenters. The van der Waals surface area contributed by atoms with Crippen molar-refractivity contribution in [3.8, 4) is 0 Å². The molecule has 0 aliphatic rings. The van der Waals surface area contributed by atoms with Gasteiger partial charge in [-0.15, -0.1) is 0 Å². The first-order chi connectivity index (χ1) is 8.86. The van der Waals surface area contributed by atoms with Gasteiger partial charge in [0.15, 0.2) is 0 Å². The van der Waals surface area contributed by atoms with E-state index >= 15 is 0 Å². The fourth-order valence-corrected chi connectivity index (χ4v) is 1.58. The maximum Gasteiger partial charge on any atom is 0.417 e. The predicted molar refractivity (Wildman–Crippen MR) is 67.0 cm³/mol. The summed E-state index contributed by atoms with van der Waals surface area (Å²) >= 11 is 0. The number of anilines is 1. The van der Waals surface area contributed by atoms with Crippen molar-refractivity contribution < 1.29 is 18.0 Å². The first kappa shape index (κ1) is 15.3. The van der Waals surface area contributed by atoms with Gasteiger partial charge in [0.1, 0.15) is 0 Å². The minimum absolute atomic E-state index is 0.301. The molecule has 0 radical (unpaired) electrons. The molecular formula is C12H16F3N3O. The molecule has 1 aromatic carbocycles. The molecule has 106 valence electrons. The van der Waals surface area contributed by atoms with Crippen molar-refractivity contribution in [2.75, 3.05) is 25.0 Å². The highest BCUT2D eigenvalue weighted by Crippen LogP contribution is 2.33. The molecule has 0 saturated heterocycles. The Kier molecular flexibility index (Phi) is 5.17. The Morgan fingerprint density at radius 1 is 1.32 bits per heavy atom. The van der Waals surface area contributed by atoms with Crippen molar-refractivity contribution in [2.24, 2.45) is 5.73 Å². The molecule has 0 aliphatic carbocycles. The van der Waals surface area contributed by atoms with Gasteiger partial charge in [-0.1, -0.05) is 6.92 Å². The highest BCUT2D eigenvalue weighted by molar-refractivity contribution is 5.95. The van der Waals surface area contributed by atoms with Crippen molar-refractivity contribution in [1.82, 2.24) is 5.32 Å². The van der Waals surface area contributed by atoms with Crippen LogP contribution in [-0.2, 0) is 6.18 Å².